The van der Waals surface area contributed by atoms with E-state index in [-0.39, 0.29) is 5.54 Å². The summed E-state index contributed by atoms with van der Waals surface area (Å²) >= 11 is 0. The van der Waals surface area contributed by atoms with Crippen LogP contribution in [0.4, 0.5) is 0 Å². The van der Waals surface area contributed by atoms with E-state index in [1.54, 1.807) is 12.7 Å². The molecule has 1 aliphatic heterocycles. The van der Waals surface area contributed by atoms with E-state index in [0.29, 0.717) is 11.8 Å². The maximum Gasteiger partial charge on any atom is 0.122 e. The Labute approximate surface area is 173 Å². The summed E-state index contributed by atoms with van der Waals surface area (Å²) in [5.41, 5.74) is 4.83. The van der Waals surface area contributed by atoms with Gasteiger partial charge in [0.05, 0.1) is 27.1 Å². The van der Waals surface area contributed by atoms with E-state index in [1.807, 2.05) is 24.3 Å². The second kappa shape index (κ2) is 8.00. The largest absolute Gasteiger partial charge is 0.497 e. The van der Waals surface area contributed by atoms with Crippen LogP contribution in [0.3, 0.4) is 0 Å². The lowest BCUT2D eigenvalue weighted by atomic mass is 9.82. The number of aryl methyl sites for hydroxylation is 1. The predicted octanol–water partition coefficient (Wildman–Crippen LogP) is 4.46. The minimum Gasteiger partial charge on any atom is -0.497 e. The van der Waals surface area contributed by atoms with Gasteiger partial charge in [-0.2, -0.15) is 0 Å². The summed E-state index contributed by atoms with van der Waals surface area (Å²) in [6.07, 6.45) is 7.19. The van der Waals surface area contributed by atoms with E-state index in [0.717, 1.165) is 44.3 Å². The molecule has 1 spiro atoms. The summed E-state index contributed by atoms with van der Waals surface area (Å²) in [4.78, 5) is 0. The molecule has 0 radical (unpaired) electrons. The average molecular weight is 394 g/mol. The molecule has 4 nitrogen and oxygen atoms in total. The van der Waals surface area contributed by atoms with Gasteiger partial charge in [0.2, 0.25) is 0 Å². The maximum atomic E-state index is 6.06. The van der Waals surface area contributed by atoms with E-state index in [1.165, 1.54) is 36.8 Å². The third-order valence-electron chi connectivity index (χ3n) is 7.10. The molecule has 1 saturated heterocycles. The zero-order chi connectivity index (χ0) is 19.7. The van der Waals surface area contributed by atoms with E-state index < -0.39 is 0 Å². The van der Waals surface area contributed by atoms with Crippen LogP contribution in [0, 0.1) is 5.92 Å². The van der Waals surface area contributed by atoms with Crippen molar-refractivity contribution in [1.82, 2.24) is 5.32 Å². The highest BCUT2D eigenvalue weighted by Crippen LogP contribution is 2.43. The van der Waals surface area contributed by atoms with Gasteiger partial charge in [0.15, 0.2) is 0 Å². The number of ether oxygens (including phenoxy) is 3. The summed E-state index contributed by atoms with van der Waals surface area (Å²) in [5, 5.41) is 3.59. The van der Waals surface area contributed by atoms with Gasteiger partial charge in [-0.1, -0.05) is 24.3 Å². The van der Waals surface area contributed by atoms with Gasteiger partial charge >= 0.3 is 0 Å². The lowest BCUT2D eigenvalue weighted by Crippen LogP contribution is -2.39. The molecule has 1 heterocycles. The SMILES string of the molecule is COc1cccc(OC[C@@H]2CCc3cc([C@H]4CC[C@]5(COCN5)C4)ccc3C2)c1. The highest BCUT2D eigenvalue weighted by molar-refractivity contribution is 5.37. The minimum atomic E-state index is 0.239. The van der Waals surface area contributed by atoms with Crippen LogP contribution in [0.5, 0.6) is 11.5 Å². The van der Waals surface area contributed by atoms with E-state index in [2.05, 4.69) is 23.5 Å². The second-order valence-corrected chi connectivity index (χ2v) is 9.02. The molecular formula is C25H31NO3. The smallest absolute Gasteiger partial charge is 0.122 e. The van der Waals surface area contributed by atoms with E-state index >= 15 is 0 Å². The molecule has 0 bridgehead atoms. The first-order valence-corrected chi connectivity index (χ1v) is 10.9. The fourth-order valence-electron chi connectivity index (χ4n) is 5.36. The molecular weight excluding hydrogens is 362 g/mol. The molecule has 0 aromatic heterocycles. The van der Waals surface area contributed by atoms with E-state index in [9.17, 15) is 0 Å². The molecule has 3 atom stereocenters. The summed E-state index contributed by atoms with van der Waals surface area (Å²) in [6.45, 7) is 2.37. The number of fused-ring (bicyclic) bond motifs is 1. The zero-order valence-corrected chi connectivity index (χ0v) is 17.3. The molecule has 3 aliphatic rings. The second-order valence-electron chi connectivity index (χ2n) is 9.02. The maximum absolute atomic E-state index is 6.06. The quantitative estimate of drug-likeness (QED) is 0.814. The average Bonchev–Trinajstić information content (AvgIpc) is 3.41. The molecule has 1 saturated carbocycles. The molecule has 2 fully saturated rings. The summed E-state index contributed by atoms with van der Waals surface area (Å²) in [6, 6.07) is 15.1. The van der Waals surface area contributed by atoms with Gasteiger partial charge in [-0.3, -0.25) is 5.32 Å². The Bertz CT molecular complexity index is 859. The monoisotopic (exact) mass is 393 g/mol. The molecule has 2 aliphatic carbocycles. The van der Waals surface area contributed by atoms with Crippen molar-refractivity contribution in [3.63, 3.8) is 0 Å². The van der Waals surface area contributed by atoms with Crippen molar-refractivity contribution in [2.24, 2.45) is 5.92 Å². The van der Waals surface area contributed by atoms with Crippen molar-refractivity contribution in [1.29, 1.82) is 0 Å². The Kier molecular flexibility index (Phi) is 5.23. The molecule has 154 valence electrons. The van der Waals surface area contributed by atoms with Crippen LogP contribution in [0.2, 0.25) is 0 Å². The Hall–Kier alpha value is -2.04. The topological polar surface area (TPSA) is 39.7 Å². The summed E-state index contributed by atoms with van der Waals surface area (Å²) in [5.74, 6) is 2.99. The third kappa shape index (κ3) is 4.01. The van der Waals surface area contributed by atoms with Crippen LogP contribution >= 0.6 is 0 Å². The predicted molar refractivity (Wildman–Crippen MR) is 114 cm³/mol. The lowest BCUT2D eigenvalue weighted by molar-refractivity contribution is 0.177. The van der Waals surface area contributed by atoms with Crippen LogP contribution in [-0.2, 0) is 17.6 Å². The lowest BCUT2D eigenvalue weighted by Gasteiger charge is -2.26. The van der Waals surface area contributed by atoms with Gasteiger partial charge in [0.25, 0.3) is 0 Å². The Morgan fingerprint density at radius 2 is 2.03 bits per heavy atom. The van der Waals surface area contributed by atoms with Gasteiger partial charge in [0.1, 0.15) is 11.5 Å². The number of hydrogen-bond acceptors (Lipinski definition) is 4. The Morgan fingerprint density at radius 3 is 2.90 bits per heavy atom. The van der Waals surface area contributed by atoms with Crippen LogP contribution in [0.25, 0.3) is 0 Å². The van der Waals surface area contributed by atoms with Crippen molar-refractivity contribution < 1.29 is 14.2 Å². The van der Waals surface area contributed by atoms with Gasteiger partial charge in [0, 0.05) is 11.6 Å². The fourth-order valence-corrected chi connectivity index (χ4v) is 5.36. The number of benzene rings is 2. The molecule has 0 unspecified atom stereocenters. The molecule has 4 heteroatoms. The zero-order valence-electron chi connectivity index (χ0n) is 17.3. The highest BCUT2D eigenvalue weighted by atomic mass is 16.5. The van der Waals surface area contributed by atoms with Crippen LogP contribution in [-0.4, -0.2) is 32.6 Å². The van der Waals surface area contributed by atoms with Crippen molar-refractivity contribution in [3.8, 4) is 11.5 Å². The normalized spacial score (nSPS) is 28.4. The van der Waals surface area contributed by atoms with Gasteiger partial charge in [-0.05, 0) is 79.2 Å². The third-order valence-corrected chi connectivity index (χ3v) is 7.10. The molecule has 2 aromatic carbocycles. The highest BCUT2D eigenvalue weighted by Gasteiger charge is 2.42. The number of hydrogen-bond donors (Lipinski definition) is 1. The van der Waals surface area contributed by atoms with Crippen molar-refractivity contribution in [2.45, 2.75) is 50.0 Å². The molecule has 0 amide bonds. The standard InChI is InChI=1S/C25H31NO3/c1-27-23-3-2-4-24(13-23)29-15-18-5-6-20-12-21(8-7-19(20)11-18)22-9-10-25(14-22)16-28-17-26-25/h2-4,7-8,12-13,18,22,26H,5-6,9-11,14-17H2,1H3/t18-,22+,25-/m1/s1. The van der Waals surface area contributed by atoms with Crippen molar-refractivity contribution in [3.05, 3.63) is 59.2 Å². The van der Waals surface area contributed by atoms with Crippen LogP contribution in [0.1, 0.15) is 48.3 Å². The number of methoxy groups -OCH3 is 1. The summed E-state index contributed by atoms with van der Waals surface area (Å²) in [7, 11) is 1.69. The number of rotatable bonds is 5. The molecule has 5 rings (SSSR count). The first-order valence-electron chi connectivity index (χ1n) is 10.9. The fraction of sp³-hybridized carbons (Fsp3) is 0.520. The van der Waals surface area contributed by atoms with Crippen LogP contribution < -0.4 is 14.8 Å². The van der Waals surface area contributed by atoms with Gasteiger partial charge in [-0.25, -0.2) is 0 Å². The van der Waals surface area contributed by atoms with Gasteiger partial charge in [-0.15, -0.1) is 0 Å². The number of nitrogens with one attached hydrogen (secondary N) is 1. The van der Waals surface area contributed by atoms with Gasteiger partial charge < -0.3 is 14.2 Å². The first-order chi connectivity index (χ1) is 14.2. The molecule has 2 aromatic rings. The van der Waals surface area contributed by atoms with Crippen LogP contribution in [0.15, 0.2) is 42.5 Å². The first kappa shape index (κ1) is 19.0. The van der Waals surface area contributed by atoms with Crippen molar-refractivity contribution in [2.75, 3.05) is 27.1 Å². The molecule has 29 heavy (non-hydrogen) atoms. The summed E-state index contributed by atoms with van der Waals surface area (Å²) < 4.78 is 17.0. The Balaban J connectivity index is 1.20. The molecule has 1 N–H and O–H groups in total. The Morgan fingerprint density at radius 1 is 1.10 bits per heavy atom. The minimum absolute atomic E-state index is 0.239. The van der Waals surface area contributed by atoms with Crippen molar-refractivity contribution >= 4 is 0 Å². The van der Waals surface area contributed by atoms with E-state index in [4.69, 9.17) is 14.2 Å².